The summed E-state index contributed by atoms with van der Waals surface area (Å²) in [6.45, 7) is 5.46. The summed E-state index contributed by atoms with van der Waals surface area (Å²) in [4.78, 5) is 9.74. The van der Waals surface area contributed by atoms with Crippen molar-refractivity contribution in [1.29, 1.82) is 0 Å². The fraction of sp³-hybridized carbons (Fsp3) is 0.438. The Kier molecular flexibility index (Phi) is 3.94. The first-order valence-corrected chi connectivity index (χ1v) is 8.21. The summed E-state index contributed by atoms with van der Waals surface area (Å²) in [7, 11) is 2.20. The Bertz CT molecular complexity index is 614. The third-order valence-electron chi connectivity index (χ3n) is 4.18. The number of nitrogens with zero attached hydrogens (tertiary/aromatic N) is 3. The van der Waals surface area contributed by atoms with Crippen LogP contribution in [0, 0.1) is 0 Å². The van der Waals surface area contributed by atoms with Crippen molar-refractivity contribution in [3.8, 4) is 0 Å². The van der Waals surface area contributed by atoms with E-state index in [4.69, 9.17) is 4.98 Å². The Hall–Kier alpha value is -1.13. The van der Waals surface area contributed by atoms with Crippen molar-refractivity contribution in [1.82, 2.24) is 9.88 Å². The molecule has 0 saturated carbocycles. The maximum atomic E-state index is 4.91. The molecule has 3 nitrogen and oxygen atoms in total. The van der Waals surface area contributed by atoms with Crippen molar-refractivity contribution in [2.45, 2.75) is 18.3 Å². The molecule has 0 bridgehead atoms. The molecule has 2 aromatic rings. The summed E-state index contributed by atoms with van der Waals surface area (Å²) in [6, 6.07) is 11.2. The van der Waals surface area contributed by atoms with E-state index in [1.807, 2.05) is 0 Å². The smallest absolute Gasteiger partial charge is 0.133 e. The molecule has 0 radical (unpaired) electrons. The first-order chi connectivity index (χ1) is 9.69. The minimum Gasteiger partial charge on any atom is -0.354 e. The van der Waals surface area contributed by atoms with Crippen molar-refractivity contribution in [2.75, 3.05) is 31.6 Å². The molecule has 1 fully saturated rings. The van der Waals surface area contributed by atoms with Crippen LogP contribution in [0.2, 0.25) is 0 Å². The number of fused-ring (bicyclic) bond motifs is 1. The van der Waals surface area contributed by atoms with Crippen molar-refractivity contribution in [2.24, 2.45) is 0 Å². The third kappa shape index (κ3) is 2.54. The Morgan fingerprint density at radius 2 is 2.10 bits per heavy atom. The van der Waals surface area contributed by atoms with E-state index in [9.17, 15) is 0 Å². The predicted molar refractivity (Wildman–Crippen MR) is 88.7 cm³/mol. The van der Waals surface area contributed by atoms with Crippen LogP contribution < -0.4 is 4.90 Å². The molecular weight excluding hydrogens is 314 g/mol. The van der Waals surface area contributed by atoms with E-state index in [0.29, 0.717) is 6.04 Å². The van der Waals surface area contributed by atoms with Crippen LogP contribution in [0.5, 0.6) is 0 Å². The zero-order valence-corrected chi connectivity index (χ0v) is 13.6. The molecule has 3 rings (SSSR count). The number of rotatable bonds is 2. The topological polar surface area (TPSA) is 19.4 Å². The van der Waals surface area contributed by atoms with E-state index in [-0.39, 0.29) is 0 Å². The number of aromatic nitrogens is 1. The molecule has 1 aromatic heterocycles. The highest BCUT2D eigenvalue weighted by atomic mass is 79.9. The van der Waals surface area contributed by atoms with Gasteiger partial charge in [0.05, 0.1) is 5.52 Å². The zero-order valence-electron chi connectivity index (χ0n) is 12.0. The zero-order chi connectivity index (χ0) is 14.1. The summed E-state index contributed by atoms with van der Waals surface area (Å²) >= 11 is 3.61. The molecule has 4 heteroatoms. The number of hydrogen-bond acceptors (Lipinski definition) is 3. The van der Waals surface area contributed by atoms with Crippen LogP contribution in [0.25, 0.3) is 10.9 Å². The molecule has 1 saturated heterocycles. The minimum absolute atomic E-state index is 0.570. The highest BCUT2D eigenvalue weighted by molar-refractivity contribution is 9.08. The van der Waals surface area contributed by atoms with E-state index >= 15 is 0 Å². The first kappa shape index (κ1) is 13.8. The molecule has 1 aromatic carbocycles. The fourth-order valence-corrected chi connectivity index (χ4v) is 3.18. The predicted octanol–water partition coefficient (Wildman–Crippen LogP) is 3.27. The standard InChI is InChI=1S/C16H20BrN3/c1-12-11-20(8-7-19(12)2)16-14(10-17)9-13-5-3-4-6-15(13)18-16/h3-6,9,12H,7-8,10-11H2,1-2H3. The number of alkyl halides is 1. The van der Waals surface area contributed by atoms with Crippen molar-refractivity contribution in [3.63, 3.8) is 0 Å². The largest absolute Gasteiger partial charge is 0.354 e. The summed E-state index contributed by atoms with van der Waals surface area (Å²) in [5.41, 5.74) is 2.36. The monoisotopic (exact) mass is 333 g/mol. The highest BCUT2D eigenvalue weighted by Crippen LogP contribution is 2.27. The molecule has 0 amide bonds. The van der Waals surface area contributed by atoms with Crippen LogP contribution in [-0.2, 0) is 5.33 Å². The number of halogens is 1. The molecule has 20 heavy (non-hydrogen) atoms. The van der Waals surface area contributed by atoms with Crippen LogP contribution >= 0.6 is 15.9 Å². The Morgan fingerprint density at radius 1 is 1.30 bits per heavy atom. The maximum absolute atomic E-state index is 4.91. The quantitative estimate of drug-likeness (QED) is 0.786. The second-order valence-corrected chi connectivity index (χ2v) is 6.13. The van der Waals surface area contributed by atoms with Gasteiger partial charge in [-0.05, 0) is 26.1 Å². The van der Waals surface area contributed by atoms with Gasteiger partial charge in [-0.15, -0.1) is 0 Å². The summed E-state index contributed by atoms with van der Waals surface area (Å²) in [6.07, 6.45) is 0. The fourth-order valence-electron chi connectivity index (χ4n) is 2.76. The van der Waals surface area contributed by atoms with Gasteiger partial charge in [-0.2, -0.15) is 0 Å². The number of benzene rings is 1. The Morgan fingerprint density at radius 3 is 2.85 bits per heavy atom. The molecule has 1 aliphatic heterocycles. The van der Waals surface area contributed by atoms with Gasteiger partial charge in [0.15, 0.2) is 0 Å². The van der Waals surface area contributed by atoms with E-state index < -0.39 is 0 Å². The van der Waals surface area contributed by atoms with Gasteiger partial charge in [0, 0.05) is 42.0 Å². The highest BCUT2D eigenvalue weighted by Gasteiger charge is 2.23. The van der Waals surface area contributed by atoms with Gasteiger partial charge >= 0.3 is 0 Å². The number of pyridine rings is 1. The van der Waals surface area contributed by atoms with Crippen LogP contribution in [0.3, 0.4) is 0 Å². The lowest BCUT2D eigenvalue weighted by Gasteiger charge is -2.39. The van der Waals surface area contributed by atoms with Crippen molar-refractivity contribution in [3.05, 3.63) is 35.9 Å². The number of hydrogen-bond donors (Lipinski definition) is 0. The lowest BCUT2D eigenvalue weighted by atomic mass is 10.1. The molecule has 1 unspecified atom stereocenters. The number of anilines is 1. The van der Waals surface area contributed by atoms with Crippen molar-refractivity contribution >= 4 is 32.7 Å². The van der Waals surface area contributed by atoms with Crippen molar-refractivity contribution < 1.29 is 0 Å². The molecule has 0 N–H and O–H groups in total. The molecule has 106 valence electrons. The minimum atomic E-state index is 0.570. The van der Waals surface area contributed by atoms with Gasteiger partial charge in [-0.25, -0.2) is 4.98 Å². The Labute approximate surface area is 128 Å². The molecule has 1 aliphatic rings. The lowest BCUT2D eigenvalue weighted by Crippen LogP contribution is -2.50. The molecule has 0 spiro atoms. The molecule has 1 atom stereocenters. The second-order valence-electron chi connectivity index (χ2n) is 5.57. The summed E-state index contributed by atoms with van der Waals surface area (Å²) in [5.74, 6) is 1.14. The van der Waals surface area contributed by atoms with Gasteiger partial charge in [0.2, 0.25) is 0 Å². The van der Waals surface area contributed by atoms with Crippen LogP contribution in [0.1, 0.15) is 12.5 Å². The van der Waals surface area contributed by atoms with Gasteiger partial charge in [-0.1, -0.05) is 34.1 Å². The lowest BCUT2D eigenvalue weighted by molar-refractivity contribution is 0.233. The first-order valence-electron chi connectivity index (χ1n) is 7.09. The molecule has 2 heterocycles. The number of para-hydroxylation sites is 1. The van der Waals surface area contributed by atoms with Crippen LogP contribution in [0.4, 0.5) is 5.82 Å². The SMILES string of the molecule is CC1CN(c2nc3ccccc3cc2CBr)CCN1C. The number of piperazine rings is 1. The normalized spacial score (nSPS) is 20.6. The third-order valence-corrected chi connectivity index (χ3v) is 4.79. The summed E-state index contributed by atoms with van der Waals surface area (Å²) < 4.78 is 0. The maximum Gasteiger partial charge on any atom is 0.133 e. The van der Waals surface area contributed by atoms with Crippen LogP contribution in [-0.4, -0.2) is 42.6 Å². The average Bonchev–Trinajstić information content (AvgIpc) is 2.48. The van der Waals surface area contributed by atoms with Gasteiger partial charge in [0.1, 0.15) is 5.82 Å². The number of likely N-dealkylation sites (N-methyl/N-ethyl adjacent to an activating group) is 1. The average molecular weight is 334 g/mol. The molecular formula is C16H20BrN3. The van der Waals surface area contributed by atoms with E-state index in [2.05, 4.69) is 70.0 Å². The second kappa shape index (κ2) is 5.70. The van der Waals surface area contributed by atoms with E-state index in [0.717, 1.165) is 36.3 Å². The van der Waals surface area contributed by atoms with Gasteiger partial charge < -0.3 is 9.80 Å². The van der Waals surface area contributed by atoms with Gasteiger partial charge in [-0.3, -0.25) is 0 Å². The van der Waals surface area contributed by atoms with Gasteiger partial charge in [0.25, 0.3) is 0 Å². The molecule has 0 aliphatic carbocycles. The Balaban J connectivity index is 2.01. The van der Waals surface area contributed by atoms with E-state index in [1.165, 1.54) is 10.9 Å². The van der Waals surface area contributed by atoms with Crippen LogP contribution in [0.15, 0.2) is 30.3 Å². The summed E-state index contributed by atoms with van der Waals surface area (Å²) in [5, 5.41) is 2.06. The van der Waals surface area contributed by atoms with E-state index in [1.54, 1.807) is 0 Å².